The van der Waals surface area contributed by atoms with Gasteiger partial charge in [-0.1, -0.05) is 18.2 Å². The van der Waals surface area contributed by atoms with Crippen LogP contribution in [-0.2, 0) is 9.53 Å². The quantitative estimate of drug-likeness (QED) is 0.759. The Morgan fingerprint density at radius 1 is 1.35 bits per heavy atom. The Morgan fingerprint density at radius 2 is 2.06 bits per heavy atom. The van der Waals surface area contributed by atoms with Gasteiger partial charge in [0.25, 0.3) is 0 Å². The highest BCUT2D eigenvalue weighted by atomic mass is 16.5. The van der Waals surface area contributed by atoms with E-state index in [9.17, 15) is 4.79 Å². The lowest BCUT2D eigenvalue weighted by Gasteiger charge is -2.05. The van der Waals surface area contributed by atoms with Gasteiger partial charge < -0.3 is 4.74 Å². The van der Waals surface area contributed by atoms with Crippen molar-refractivity contribution in [2.24, 2.45) is 0 Å². The van der Waals surface area contributed by atoms with E-state index in [1.807, 2.05) is 36.5 Å². The third-order valence-corrected chi connectivity index (χ3v) is 2.68. The number of para-hydroxylation sites is 1. The van der Waals surface area contributed by atoms with Crippen LogP contribution in [0.3, 0.4) is 0 Å². The fourth-order valence-electron chi connectivity index (χ4n) is 1.60. The Hall–Kier alpha value is -2.10. The lowest BCUT2D eigenvalue weighted by atomic mass is 10.1. The Labute approximate surface area is 99.8 Å². The van der Waals surface area contributed by atoms with Crippen LogP contribution < -0.4 is 0 Å². The van der Waals surface area contributed by atoms with Crippen LogP contribution in [0.4, 0.5) is 0 Å². The molecular formula is C13H14N2O2. The largest absolute Gasteiger partial charge is 0.469 e. The zero-order valence-corrected chi connectivity index (χ0v) is 9.83. The van der Waals surface area contributed by atoms with Crippen molar-refractivity contribution < 1.29 is 9.53 Å². The van der Waals surface area contributed by atoms with Crippen LogP contribution in [0.2, 0.25) is 0 Å². The summed E-state index contributed by atoms with van der Waals surface area (Å²) in [5.74, 6) is -0.546. The van der Waals surface area contributed by atoms with Crippen LogP contribution in [0.15, 0.2) is 42.7 Å². The van der Waals surface area contributed by atoms with Gasteiger partial charge in [-0.3, -0.25) is 4.79 Å². The molecule has 1 aromatic heterocycles. The third kappa shape index (κ3) is 2.36. The van der Waals surface area contributed by atoms with E-state index in [0.29, 0.717) is 0 Å². The molecule has 0 aliphatic rings. The summed E-state index contributed by atoms with van der Waals surface area (Å²) in [5, 5.41) is 4.23. The number of nitrogens with zero attached hydrogens (tertiary/aromatic N) is 2. The highest BCUT2D eigenvalue weighted by Gasteiger charge is 2.17. The van der Waals surface area contributed by atoms with Crippen LogP contribution in [-0.4, -0.2) is 22.9 Å². The van der Waals surface area contributed by atoms with Crippen LogP contribution >= 0.6 is 0 Å². The molecule has 0 fully saturated rings. The highest BCUT2D eigenvalue weighted by molar-refractivity contribution is 5.77. The minimum atomic E-state index is -0.294. The first-order valence-electron chi connectivity index (χ1n) is 5.40. The first-order valence-corrected chi connectivity index (χ1v) is 5.40. The number of benzene rings is 1. The molecule has 0 saturated carbocycles. The van der Waals surface area contributed by atoms with Gasteiger partial charge in [0.15, 0.2) is 0 Å². The number of esters is 1. The summed E-state index contributed by atoms with van der Waals surface area (Å²) >= 11 is 0. The van der Waals surface area contributed by atoms with Crippen molar-refractivity contribution in [2.75, 3.05) is 7.11 Å². The van der Waals surface area contributed by atoms with E-state index in [2.05, 4.69) is 5.10 Å². The number of rotatable bonds is 3. The molecule has 4 nitrogen and oxygen atoms in total. The van der Waals surface area contributed by atoms with E-state index in [1.54, 1.807) is 17.8 Å². The average Bonchev–Trinajstić information content (AvgIpc) is 2.87. The van der Waals surface area contributed by atoms with E-state index >= 15 is 0 Å². The number of carbonyl (C=O) groups excluding carboxylic acids is 1. The lowest BCUT2D eigenvalue weighted by Crippen LogP contribution is -2.09. The number of hydrogen-bond acceptors (Lipinski definition) is 3. The standard InChI is InChI=1S/C13H14N2O2/c1-10(13(16)17-2)11-8-14-15(9-11)12-6-4-3-5-7-12/h3-10H,1-2H3. The molecule has 0 aliphatic carbocycles. The topological polar surface area (TPSA) is 44.1 Å². The van der Waals surface area contributed by atoms with Crippen LogP contribution in [0.5, 0.6) is 0 Å². The molecule has 88 valence electrons. The van der Waals surface area contributed by atoms with Crippen molar-refractivity contribution >= 4 is 5.97 Å². The zero-order chi connectivity index (χ0) is 12.3. The predicted octanol–water partition coefficient (Wildman–Crippen LogP) is 2.15. The van der Waals surface area contributed by atoms with Crippen LogP contribution in [0.25, 0.3) is 5.69 Å². The van der Waals surface area contributed by atoms with Gasteiger partial charge in [-0.25, -0.2) is 4.68 Å². The summed E-state index contributed by atoms with van der Waals surface area (Å²) in [6.45, 7) is 1.80. The van der Waals surface area contributed by atoms with Gasteiger partial charge in [0.2, 0.25) is 0 Å². The molecule has 0 spiro atoms. The Morgan fingerprint density at radius 3 is 2.71 bits per heavy atom. The molecule has 1 unspecified atom stereocenters. The molecule has 0 aliphatic heterocycles. The van der Waals surface area contributed by atoms with Gasteiger partial charge in [0.1, 0.15) is 0 Å². The molecule has 0 saturated heterocycles. The van der Waals surface area contributed by atoms with Crippen molar-refractivity contribution in [2.45, 2.75) is 12.8 Å². The third-order valence-electron chi connectivity index (χ3n) is 2.68. The van der Waals surface area contributed by atoms with Gasteiger partial charge >= 0.3 is 5.97 Å². The first-order chi connectivity index (χ1) is 8.22. The Bertz CT molecular complexity index is 505. The summed E-state index contributed by atoms with van der Waals surface area (Å²) in [5.41, 5.74) is 1.82. The minimum absolute atomic E-state index is 0.252. The molecule has 17 heavy (non-hydrogen) atoms. The molecule has 1 aromatic carbocycles. The number of ether oxygens (including phenoxy) is 1. The van der Waals surface area contributed by atoms with Gasteiger partial charge in [-0.05, 0) is 19.1 Å². The molecule has 4 heteroatoms. The highest BCUT2D eigenvalue weighted by Crippen LogP contribution is 2.17. The lowest BCUT2D eigenvalue weighted by molar-refractivity contribution is -0.141. The maximum Gasteiger partial charge on any atom is 0.312 e. The van der Waals surface area contributed by atoms with E-state index in [-0.39, 0.29) is 11.9 Å². The second-order valence-electron chi connectivity index (χ2n) is 3.80. The average molecular weight is 230 g/mol. The number of methoxy groups -OCH3 is 1. The minimum Gasteiger partial charge on any atom is -0.469 e. The fourth-order valence-corrected chi connectivity index (χ4v) is 1.60. The molecule has 0 N–H and O–H groups in total. The smallest absolute Gasteiger partial charge is 0.312 e. The van der Waals surface area contributed by atoms with Crippen LogP contribution in [0.1, 0.15) is 18.4 Å². The van der Waals surface area contributed by atoms with E-state index in [4.69, 9.17) is 4.74 Å². The number of aromatic nitrogens is 2. The van der Waals surface area contributed by atoms with Gasteiger partial charge in [-0.2, -0.15) is 5.10 Å². The molecule has 0 radical (unpaired) electrons. The van der Waals surface area contributed by atoms with E-state index in [0.717, 1.165) is 11.3 Å². The van der Waals surface area contributed by atoms with Crippen molar-refractivity contribution in [3.8, 4) is 5.69 Å². The van der Waals surface area contributed by atoms with Crippen molar-refractivity contribution in [3.05, 3.63) is 48.3 Å². The molecule has 0 amide bonds. The molecule has 1 atom stereocenters. The summed E-state index contributed by atoms with van der Waals surface area (Å²) in [7, 11) is 1.39. The fraction of sp³-hybridized carbons (Fsp3) is 0.231. The summed E-state index contributed by atoms with van der Waals surface area (Å²) in [6, 6.07) is 9.75. The normalized spacial score (nSPS) is 12.1. The summed E-state index contributed by atoms with van der Waals surface area (Å²) in [6.07, 6.45) is 3.53. The summed E-state index contributed by atoms with van der Waals surface area (Å²) in [4.78, 5) is 11.4. The maximum absolute atomic E-state index is 11.4. The zero-order valence-electron chi connectivity index (χ0n) is 9.83. The number of hydrogen-bond donors (Lipinski definition) is 0. The van der Waals surface area contributed by atoms with Crippen LogP contribution in [0, 0.1) is 0 Å². The number of carbonyl (C=O) groups is 1. The summed E-state index contributed by atoms with van der Waals surface area (Å²) < 4.78 is 6.45. The molecule has 1 heterocycles. The van der Waals surface area contributed by atoms with Gasteiger partial charge in [0.05, 0.1) is 24.9 Å². The monoisotopic (exact) mass is 230 g/mol. The SMILES string of the molecule is COC(=O)C(C)c1cnn(-c2ccccc2)c1. The van der Waals surface area contributed by atoms with Crippen molar-refractivity contribution in [1.82, 2.24) is 9.78 Å². The Balaban J connectivity index is 2.25. The molecule has 0 bridgehead atoms. The van der Waals surface area contributed by atoms with Crippen molar-refractivity contribution in [3.63, 3.8) is 0 Å². The predicted molar refractivity (Wildman–Crippen MR) is 64.0 cm³/mol. The van der Waals surface area contributed by atoms with Gasteiger partial charge in [-0.15, -0.1) is 0 Å². The molecular weight excluding hydrogens is 216 g/mol. The van der Waals surface area contributed by atoms with E-state index in [1.165, 1.54) is 7.11 Å². The van der Waals surface area contributed by atoms with Gasteiger partial charge in [0, 0.05) is 11.8 Å². The first kappa shape index (κ1) is 11.4. The second kappa shape index (κ2) is 4.82. The van der Waals surface area contributed by atoms with Crippen molar-refractivity contribution in [1.29, 1.82) is 0 Å². The second-order valence-corrected chi connectivity index (χ2v) is 3.80. The van der Waals surface area contributed by atoms with E-state index < -0.39 is 0 Å². The maximum atomic E-state index is 11.4. The Kier molecular flexibility index (Phi) is 3.23. The molecule has 2 aromatic rings. The molecule has 2 rings (SSSR count).